The number of carbonyl (C=O) groups excluding carboxylic acids is 2. The molecule has 0 heterocycles. The van der Waals surface area contributed by atoms with Crippen LogP contribution in [0.25, 0.3) is 0 Å². The molecule has 0 spiro atoms. The van der Waals surface area contributed by atoms with Crippen molar-refractivity contribution in [2.75, 3.05) is 0 Å². The Morgan fingerprint density at radius 1 is 1.42 bits per heavy atom. The average molecular weight is 211 g/mol. The number of halogens is 2. The van der Waals surface area contributed by atoms with Crippen molar-refractivity contribution in [1.29, 1.82) is 0 Å². The van der Waals surface area contributed by atoms with Crippen LogP contribution >= 0.6 is 23.2 Å². The SMILES string of the molecule is CCC(C)(C(C)=O)C(=O)C(Cl)Cl. The second-order valence-corrected chi connectivity index (χ2v) is 4.00. The van der Waals surface area contributed by atoms with Gasteiger partial charge in [0.15, 0.2) is 10.6 Å². The van der Waals surface area contributed by atoms with Crippen molar-refractivity contribution >= 4 is 34.8 Å². The molecule has 0 amide bonds. The van der Waals surface area contributed by atoms with Crippen LogP contribution in [0.15, 0.2) is 0 Å². The number of hydrogen-bond acceptors (Lipinski definition) is 2. The van der Waals surface area contributed by atoms with Crippen LogP contribution in [0, 0.1) is 5.41 Å². The molecule has 0 aliphatic rings. The Morgan fingerprint density at radius 3 is 1.92 bits per heavy atom. The largest absolute Gasteiger partial charge is 0.299 e. The number of carbonyl (C=O) groups is 2. The summed E-state index contributed by atoms with van der Waals surface area (Å²) in [5.41, 5.74) is -1.02. The third-order valence-corrected chi connectivity index (χ3v) is 2.62. The first-order valence-electron chi connectivity index (χ1n) is 3.69. The second-order valence-electron chi connectivity index (χ2n) is 2.91. The van der Waals surface area contributed by atoms with Crippen LogP contribution in [0.4, 0.5) is 0 Å². The molecule has 1 unspecified atom stereocenters. The zero-order valence-corrected chi connectivity index (χ0v) is 8.87. The smallest absolute Gasteiger partial charge is 0.178 e. The fraction of sp³-hybridized carbons (Fsp3) is 0.750. The highest BCUT2D eigenvalue weighted by Crippen LogP contribution is 2.28. The molecule has 0 aromatic rings. The molecule has 0 aromatic heterocycles. The van der Waals surface area contributed by atoms with Gasteiger partial charge in [0.25, 0.3) is 0 Å². The van der Waals surface area contributed by atoms with E-state index in [1.165, 1.54) is 6.92 Å². The first-order chi connectivity index (χ1) is 5.36. The molecule has 0 radical (unpaired) electrons. The molecule has 0 N–H and O–H groups in total. The summed E-state index contributed by atoms with van der Waals surface area (Å²) in [7, 11) is 0. The maximum Gasteiger partial charge on any atom is 0.178 e. The molecule has 4 heteroatoms. The van der Waals surface area contributed by atoms with Gasteiger partial charge in [-0.25, -0.2) is 0 Å². The highest BCUT2D eigenvalue weighted by atomic mass is 35.5. The van der Waals surface area contributed by atoms with Crippen LogP contribution in [-0.2, 0) is 9.59 Å². The van der Waals surface area contributed by atoms with E-state index in [-0.39, 0.29) is 5.78 Å². The van der Waals surface area contributed by atoms with Gasteiger partial charge in [0.2, 0.25) is 0 Å². The van der Waals surface area contributed by atoms with E-state index in [0.717, 1.165) is 0 Å². The van der Waals surface area contributed by atoms with Crippen LogP contribution in [0.5, 0.6) is 0 Å². The Bertz CT molecular complexity index is 201. The van der Waals surface area contributed by atoms with Crippen molar-refractivity contribution in [3.05, 3.63) is 0 Å². The molecular weight excluding hydrogens is 199 g/mol. The minimum absolute atomic E-state index is 0.193. The van der Waals surface area contributed by atoms with Gasteiger partial charge >= 0.3 is 0 Å². The van der Waals surface area contributed by atoms with Crippen molar-refractivity contribution in [3.63, 3.8) is 0 Å². The van der Waals surface area contributed by atoms with Gasteiger partial charge in [-0.2, -0.15) is 0 Å². The van der Waals surface area contributed by atoms with E-state index in [0.29, 0.717) is 6.42 Å². The van der Waals surface area contributed by atoms with E-state index in [2.05, 4.69) is 0 Å². The van der Waals surface area contributed by atoms with Gasteiger partial charge in [-0.05, 0) is 20.3 Å². The Morgan fingerprint density at radius 2 is 1.83 bits per heavy atom. The molecule has 0 aliphatic carbocycles. The molecule has 0 saturated carbocycles. The molecule has 70 valence electrons. The molecule has 0 rings (SSSR count). The van der Waals surface area contributed by atoms with Gasteiger partial charge < -0.3 is 0 Å². The maximum absolute atomic E-state index is 11.4. The van der Waals surface area contributed by atoms with Crippen molar-refractivity contribution in [1.82, 2.24) is 0 Å². The topological polar surface area (TPSA) is 34.1 Å². The molecule has 0 bridgehead atoms. The predicted molar refractivity (Wildman–Crippen MR) is 49.6 cm³/mol. The predicted octanol–water partition coefficient (Wildman–Crippen LogP) is 2.36. The van der Waals surface area contributed by atoms with Crippen LogP contribution < -0.4 is 0 Å². The van der Waals surface area contributed by atoms with Crippen molar-refractivity contribution < 1.29 is 9.59 Å². The standard InChI is InChI=1S/C8H12Cl2O2/c1-4-8(3,5(2)11)6(12)7(9)10/h7H,4H2,1-3H3. The number of hydrogen-bond donors (Lipinski definition) is 0. The van der Waals surface area contributed by atoms with Crippen molar-refractivity contribution in [2.24, 2.45) is 5.41 Å². The molecule has 1 atom stereocenters. The highest BCUT2D eigenvalue weighted by Gasteiger charge is 2.38. The first-order valence-corrected chi connectivity index (χ1v) is 4.57. The molecule has 0 aromatic carbocycles. The van der Waals surface area contributed by atoms with Crippen LogP contribution in [-0.4, -0.2) is 16.4 Å². The van der Waals surface area contributed by atoms with E-state index in [1.54, 1.807) is 13.8 Å². The average Bonchev–Trinajstić information content (AvgIpc) is 2.01. The van der Waals surface area contributed by atoms with E-state index in [1.807, 2.05) is 0 Å². The summed E-state index contributed by atoms with van der Waals surface area (Å²) in [6.07, 6.45) is 0.428. The van der Waals surface area contributed by atoms with E-state index in [4.69, 9.17) is 23.2 Å². The van der Waals surface area contributed by atoms with Gasteiger partial charge in [0.1, 0.15) is 5.78 Å². The van der Waals surface area contributed by atoms with Crippen LogP contribution in [0.1, 0.15) is 27.2 Å². The maximum atomic E-state index is 11.4. The molecule has 0 fully saturated rings. The molecular formula is C8H12Cl2O2. The molecule has 12 heavy (non-hydrogen) atoms. The monoisotopic (exact) mass is 210 g/mol. The fourth-order valence-electron chi connectivity index (χ4n) is 0.837. The number of ketones is 2. The summed E-state index contributed by atoms with van der Waals surface area (Å²) < 4.78 is 0. The summed E-state index contributed by atoms with van der Waals surface area (Å²) in [4.78, 5) is 21.3. The van der Waals surface area contributed by atoms with Gasteiger partial charge in [-0.1, -0.05) is 30.1 Å². The fourth-order valence-corrected chi connectivity index (χ4v) is 1.32. The van der Waals surface area contributed by atoms with Gasteiger partial charge in [-0.15, -0.1) is 0 Å². The third kappa shape index (κ3) is 2.20. The Labute approximate surface area is 82.2 Å². The second kappa shape index (κ2) is 4.24. The van der Waals surface area contributed by atoms with E-state index in [9.17, 15) is 9.59 Å². The normalized spacial score (nSPS) is 15.8. The van der Waals surface area contributed by atoms with Crippen LogP contribution in [0.3, 0.4) is 0 Å². The third-order valence-electron chi connectivity index (χ3n) is 2.23. The summed E-state index contributed by atoms with van der Waals surface area (Å²) in [6.45, 7) is 4.70. The molecule has 2 nitrogen and oxygen atoms in total. The minimum Gasteiger partial charge on any atom is -0.299 e. The highest BCUT2D eigenvalue weighted by molar-refractivity contribution is 6.55. The quantitative estimate of drug-likeness (QED) is 0.528. The molecule has 0 saturated heterocycles. The van der Waals surface area contributed by atoms with Gasteiger partial charge in [0.05, 0.1) is 5.41 Å². The summed E-state index contributed by atoms with van der Waals surface area (Å²) in [5, 5.41) is 0. The van der Waals surface area contributed by atoms with Crippen LogP contribution in [0.2, 0.25) is 0 Å². The van der Waals surface area contributed by atoms with Gasteiger partial charge in [-0.3, -0.25) is 9.59 Å². The lowest BCUT2D eigenvalue weighted by Crippen LogP contribution is -2.37. The number of Topliss-reactive ketones (excluding diaryl/α,β-unsaturated/α-hetero) is 2. The lowest BCUT2D eigenvalue weighted by molar-refractivity contribution is -0.137. The van der Waals surface area contributed by atoms with E-state index >= 15 is 0 Å². The zero-order chi connectivity index (χ0) is 9.94. The minimum atomic E-state index is -1.11. The summed E-state index contributed by atoms with van der Waals surface area (Å²) in [5.74, 6) is -0.609. The first kappa shape index (κ1) is 11.9. The Balaban J connectivity index is 4.76. The summed E-state index contributed by atoms with van der Waals surface area (Å²) in [6, 6.07) is 0. The number of rotatable bonds is 4. The van der Waals surface area contributed by atoms with E-state index < -0.39 is 16.0 Å². The van der Waals surface area contributed by atoms with Gasteiger partial charge in [0, 0.05) is 0 Å². The zero-order valence-electron chi connectivity index (χ0n) is 7.36. The summed E-state index contributed by atoms with van der Waals surface area (Å²) >= 11 is 10.8. The lowest BCUT2D eigenvalue weighted by Gasteiger charge is -2.23. The lowest BCUT2D eigenvalue weighted by atomic mass is 9.80. The molecule has 0 aliphatic heterocycles. The number of alkyl halides is 2. The Hall–Kier alpha value is -0.0800. The van der Waals surface area contributed by atoms with Crippen molar-refractivity contribution in [3.8, 4) is 0 Å². The Kier molecular flexibility index (Phi) is 4.21. The van der Waals surface area contributed by atoms with Crippen molar-refractivity contribution in [2.45, 2.75) is 32.0 Å².